The third-order valence-electron chi connectivity index (χ3n) is 3.16. The molecule has 0 aliphatic carbocycles. The zero-order valence-corrected chi connectivity index (χ0v) is 11.3. The van der Waals surface area contributed by atoms with E-state index in [0.717, 1.165) is 17.9 Å². The summed E-state index contributed by atoms with van der Waals surface area (Å²) in [4.78, 5) is 0. The van der Waals surface area contributed by atoms with E-state index >= 15 is 0 Å². The average molecular weight is 257 g/mol. The number of benzene rings is 2. The summed E-state index contributed by atoms with van der Waals surface area (Å²) in [7, 11) is 1.62. The summed E-state index contributed by atoms with van der Waals surface area (Å²) in [5, 5.41) is 13.3. The molecule has 1 atom stereocenters. The minimum Gasteiger partial charge on any atom is -0.508 e. The van der Waals surface area contributed by atoms with Gasteiger partial charge in [-0.3, -0.25) is 0 Å². The molecule has 0 spiro atoms. The lowest BCUT2D eigenvalue weighted by Gasteiger charge is -2.16. The molecule has 0 fully saturated rings. The molecule has 0 aromatic heterocycles. The number of nitrogens with one attached hydrogen (secondary N) is 1. The Hall–Kier alpha value is -2.00. The number of aromatic hydroxyl groups is 1. The van der Waals surface area contributed by atoms with Gasteiger partial charge in [0.1, 0.15) is 11.5 Å². The van der Waals surface area contributed by atoms with E-state index in [2.05, 4.69) is 17.4 Å². The van der Waals surface area contributed by atoms with E-state index in [9.17, 15) is 5.11 Å². The maximum absolute atomic E-state index is 9.90. The third kappa shape index (κ3) is 3.48. The van der Waals surface area contributed by atoms with Gasteiger partial charge >= 0.3 is 0 Å². The molecular weight excluding hydrogens is 238 g/mol. The second-order valence-corrected chi connectivity index (χ2v) is 4.51. The van der Waals surface area contributed by atoms with E-state index in [-0.39, 0.29) is 11.8 Å². The van der Waals surface area contributed by atoms with Gasteiger partial charge in [-0.25, -0.2) is 0 Å². The van der Waals surface area contributed by atoms with Crippen molar-refractivity contribution >= 4 is 0 Å². The Balaban J connectivity index is 2.05. The summed E-state index contributed by atoms with van der Waals surface area (Å²) in [6.45, 7) is 2.79. The lowest BCUT2D eigenvalue weighted by molar-refractivity contribution is 0.407. The first-order valence-corrected chi connectivity index (χ1v) is 6.35. The zero-order valence-electron chi connectivity index (χ0n) is 11.3. The fourth-order valence-corrected chi connectivity index (χ4v) is 1.98. The molecule has 0 saturated carbocycles. The number of phenols is 1. The van der Waals surface area contributed by atoms with Gasteiger partial charge in [0, 0.05) is 18.2 Å². The van der Waals surface area contributed by atoms with Crippen molar-refractivity contribution in [3.8, 4) is 11.5 Å². The molecule has 0 radical (unpaired) electrons. The number of hydrogen-bond acceptors (Lipinski definition) is 3. The molecule has 0 heterocycles. The highest BCUT2D eigenvalue weighted by Crippen LogP contribution is 2.28. The fraction of sp³-hybridized carbons (Fsp3) is 0.250. The van der Waals surface area contributed by atoms with Gasteiger partial charge in [-0.05, 0) is 30.7 Å². The molecule has 1 unspecified atom stereocenters. The van der Waals surface area contributed by atoms with Crippen LogP contribution >= 0.6 is 0 Å². The van der Waals surface area contributed by atoms with Gasteiger partial charge in [-0.15, -0.1) is 0 Å². The van der Waals surface area contributed by atoms with Crippen LogP contribution in [0.15, 0.2) is 48.5 Å². The minimum atomic E-state index is 0.0512. The summed E-state index contributed by atoms with van der Waals surface area (Å²) in [6, 6.07) is 15.5. The molecule has 2 aromatic rings. The number of rotatable bonds is 5. The highest BCUT2D eigenvalue weighted by molar-refractivity contribution is 5.41. The molecule has 0 aliphatic rings. The van der Waals surface area contributed by atoms with E-state index in [1.54, 1.807) is 19.2 Å². The van der Waals surface area contributed by atoms with Crippen LogP contribution in [0.3, 0.4) is 0 Å². The summed E-state index contributed by atoms with van der Waals surface area (Å²) in [5.41, 5.74) is 2.06. The summed E-state index contributed by atoms with van der Waals surface area (Å²) in [6.07, 6.45) is 0. The average Bonchev–Trinajstić information content (AvgIpc) is 2.46. The Morgan fingerprint density at radius 1 is 1.16 bits per heavy atom. The Kier molecular flexibility index (Phi) is 4.42. The number of phenolic OH excluding ortho intramolecular Hbond substituents is 1. The van der Waals surface area contributed by atoms with E-state index in [1.807, 2.05) is 31.2 Å². The van der Waals surface area contributed by atoms with Gasteiger partial charge in [0.15, 0.2) is 0 Å². The topological polar surface area (TPSA) is 41.5 Å². The van der Waals surface area contributed by atoms with Gasteiger partial charge in [0.2, 0.25) is 0 Å². The number of ether oxygens (including phenoxy) is 1. The Morgan fingerprint density at radius 2 is 1.89 bits per heavy atom. The van der Waals surface area contributed by atoms with Crippen molar-refractivity contribution in [3.63, 3.8) is 0 Å². The van der Waals surface area contributed by atoms with Crippen molar-refractivity contribution < 1.29 is 9.84 Å². The van der Waals surface area contributed by atoms with Crippen molar-refractivity contribution in [3.05, 3.63) is 59.7 Å². The molecule has 2 rings (SSSR count). The van der Waals surface area contributed by atoms with Crippen LogP contribution in [0.2, 0.25) is 0 Å². The highest BCUT2D eigenvalue weighted by Gasteiger charge is 2.11. The largest absolute Gasteiger partial charge is 0.508 e. The van der Waals surface area contributed by atoms with Crippen LogP contribution in [0.1, 0.15) is 24.1 Å². The van der Waals surface area contributed by atoms with Crippen molar-refractivity contribution in [1.29, 1.82) is 0 Å². The molecule has 2 aromatic carbocycles. The predicted molar refractivity (Wildman–Crippen MR) is 76.4 cm³/mol. The van der Waals surface area contributed by atoms with Crippen LogP contribution in [-0.4, -0.2) is 12.2 Å². The summed E-state index contributed by atoms with van der Waals surface area (Å²) < 4.78 is 5.18. The normalized spacial score (nSPS) is 12.1. The second kappa shape index (κ2) is 6.25. The lowest BCUT2D eigenvalue weighted by atomic mass is 10.1. The molecule has 2 N–H and O–H groups in total. The van der Waals surface area contributed by atoms with Crippen molar-refractivity contribution in [1.82, 2.24) is 5.32 Å². The lowest BCUT2D eigenvalue weighted by Crippen LogP contribution is -2.18. The van der Waals surface area contributed by atoms with Gasteiger partial charge in [-0.2, -0.15) is 0 Å². The van der Waals surface area contributed by atoms with Crippen molar-refractivity contribution in [2.45, 2.75) is 19.5 Å². The van der Waals surface area contributed by atoms with Crippen LogP contribution in [0, 0.1) is 0 Å². The molecule has 19 heavy (non-hydrogen) atoms. The van der Waals surface area contributed by atoms with E-state index in [1.165, 1.54) is 5.56 Å². The van der Waals surface area contributed by atoms with Gasteiger partial charge in [-0.1, -0.05) is 30.3 Å². The SMILES string of the molecule is COc1ccc(O)c(C(C)NCc2ccccc2)c1. The molecule has 0 bridgehead atoms. The van der Waals surface area contributed by atoms with E-state index in [0.29, 0.717) is 0 Å². The van der Waals surface area contributed by atoms with Crippen LogP contribution in [-0.2, 0) is 6.54 Å². The number of methoxy groups -OCH3 is 1. The zero-order chi connectivity index (χ0) is 13.7. The fourth-order valence-electron chi connectivity index (χ4n) is 1.98. The first-order chi connectivity index (χ1) is 9.20. The molecule has 100 valence electrons. The Bertz CT molecular complexity index is 526. The van der Waals surface area contributed by atoms with E-state index < -0.39 is 0 Å². The third-order valence-corrected chi connectivity index (χ3v) is 3.16. The van der Waals surface area contributed by atoms with Crippen LogP contribution in [0.5, 0.6) is 11.5 Å². The molecular formula is C16H19NO2. The molecule has 0 saturated heterocycles. The molecule has 3 heteroatoms. The minimum absolute atomic E-state index is 0.0512. The van der Waals surface area contributed by atoms with Gasteiger partial charge in [0.05, 0.1) is 7.11 Å². The molecule has 0 aliphatic heterocycles. The smallest absolute Gasteiger partial charge is 0.120 e. The van der Waals surface area contributed by atoms with Crippen LogP contribution in [0.25, 0.3) is 0 Å². The van der Waals surface area contributed by atoms with Crippen molar-refractivity contribution in [2.24, 2.45) is 0 Å². The van der Waals surface area contributed by atoms with Gasteiger partial charge in [0.25, 0.3) is 0 Å². The predicted octanol–water partition coefficient (Wildman–Crippen LogP) is 3.25. The Morgan fingerprint density at radius 3 is 2.58 bits per heavy atom. The quantitative estimate of drug-likeness (QED) is 0.864. The Labute approximate surface area is 113 Å². The maximum atomic E-state index is 9.90. The molecule has 3 nitrogen and oxygen atoms in total. The number of hydrogen-bond donors (Lipinski definition) is 2. The first-order valence-electron chi connectivity index (χ1n) is 6.35. The van der Waals surface area contributed by atoms with E-state index in [4.69, 9.17) is 4.74 Å². The van der Waals surface area contributed by atoms with Crippen LogP contribution < -0.4 is 10.1 Å². The molecule has 0 amide bonds. The van der Waals surface area contributed by atoms with Crippen LogP contribution in [0.4, 0.5) is 0 Å². The summed E-state index contributed by atoms with van der Waals surface area (Å²) >= 11 is 0. The van der Waals surface area contributed by atoms with Crippen molar-refractivity contribution in [2.75, 3.05) is 7.11 Å². The second-order valence-electron chi connectivity index (χ2n) is 4.51. The standard InChI is InChI=1S/C16H19NO2/c1-12(17-11-13-6-4-3-5-7-13)15-10-14(19-2)8-9-16(15)18/h3-10,12,17-18H,11H2,1-2H3. The maximum Gasteiger partial charge on any atom is 0.120 e. The summed E-state index contributed by atoms with van der Waals surface area (Å²) in [5.74, 6) is 1.04. The van der Waals surface area contributed by atoms with Gasteiger partial charge < -0.3 is 15.2 Å². The monoisotopic (exact) mass is 257 g/mol. The first kappa shape index (κ1) is 13.4. The highest BCUT2D eigenvalue weighted by atomic mass is 16.5.